The average molecular weight is 244 g/mol. The van der Waals surface area contributed by atoms with Crippen molar-refractivity contribution in [2.45, 2.75) is 46.5 Å². The first-order valence-electron chi connectivity index (χ1n) is 7.17. The Hall–Kier alpha value is -1.11. The lowest BCUT2D eigenvalue weighted by Crippen LogP contribution is -2.57. The van der Waals surface area contributed by atoms with Crippen LogP contribution < -0.4 is 0 Å². The van der Waals surface area contributed by atoms with Crippen molar-refractivity contribution in [3.63, 3.8) is 0 Å². The number of hydrogen-bond acceptors (Lipinski definition) is 1. The third-order valence-corrected chi connectivity index (χ3v) is 4.89. The van der Waals surface area contributed by atoms with Crippen LogP contribution in [0.15, 0.2) is 30.3 Å². The SMILES string of the molecule is CCC1(CC)C(=O)C(C(C)C)C1c1ccccc1. The van der Waals surface area contributed by atoms with E-state index in [9.17, 15) is 4.79 Å². The Balaban J connectivity index is 2.42. The van der Waals surface area contributed by atoms with Crippen LogP contribution in [0, 0.1) is 17.3 Å². The van der Waals surface area contributed by atoms with Crippen LogP contribution >= 0.6 is 0 Å². The molecule has 0 radical (unpaired) electrons. The summed E-state index contributed by atoms with van der Waals surface area (Å²) in [6.45, 7) is 8.67. The molecule has 0 aliphatic heterocycles. The van der Waals surface area contributed by atoms with E-state index in [0.29, 0.717) is 17.6 Å². The topological polar surface area (TPSA) is 17.1 Å². The second-order valence-electron chi connectivity index (χ2n) is 5.89. The summed E-state index contributed by atoms with van der Waals surface area (Å²) in [7, 11) is 0. The zero-order chi connectivity index (χ0) is 13.3. The molecule has 0 saturated heterocycles. The van der Waals surface area contributed by atoms with E-state index in [2.05, 4.69) is 52.0 Å². The van der Waals surface area contributed by atoms with E-state index in [1.807, 2.05) is 6.07 Å². The maximum absolute atomic E-state index is 12.6. The molecule has 2 rings (SSSR count). The van der Waals surface area contributed by atoms with Crippen LogP contribution in [0.4, 0.5) is 0 Å². The van der Waals surface area contributed by atoms with Crippen molar-refractivity contribution >= 4 is 5.78 Å². The molecule has 18 heavy (non-hydrogen) atoms. The zero-order valence-corrected chi connectivity index (χ0v) is 11.9. The summed E-state index contributed by atoms with van der Waals surface area (Å²) >= 11 is 0. The van der Waals surface area contributed by atoms with Gasteiger partial charge in [-0.2, -0.15) is 0 Å². The monoisotopic (exact) mass is 244 g/mol. The molecule has 1 aromatic rings. The molecule has 1 aliphatic rings. The molecule has 1 saturated carbocycles. The van der Waals surface area contributed by atoms with Gasteiger partial charge in [-0.1, -0.05) is 58.0 Å². The van der Waals surface area contributed by atoms with Crippen molar-refractivity contribution in [2.24, 2.45) is 17.3 Å². The molecule has 1 aromatic carbocycles. The lowest BCUT2D eigenvalue weighted by atomic mass is 9.46. The molecular formula is C17H24O. The predicted octanol–water partition coefficient (Wildman–Crippen LogP) is 4.43. The molecule has 2 unspecified atom stereocenters. The maximum atomic E-state index is 12.6. The Kier molecular flexibility index (Phi) is 3.61. The maximum Gasteiger partial charge on any atom is 0.143 e. The summed E-state index contributed by atoms with van der Waals surface area (Å²) in [6, 6.07) is 10.6. The second-order valence-corrected chi connectivity index (χ2v) is 5.89. The normalized spacial score (nSPS) is 26.2. The van der Waals surface area contributed by atoms with Gasteiger partial charge in [-0.05, 0) is 24.3 Å². The Morgan fingerprint density at radius 1 is 1.11 bits per heavy atom. The average Bonchev–Trinajstić information content (AvgIpc) is 2.38. The summed E-state index contributed by atoms with van der Waals surface area (Å²) in [5.41, 5.74) is 1.25. The van der Waals surface area contributed by atoms with Crippen molar-refractivity contribution in [2.75, 3.05) is 0 Å². The van der Waals surface area contributed by atoms with Crippen molar-refractivity contribution in [3.05, 3.63) is 35.9 Å². The van der Waals surface area contributed by atoms with Crippen LogP contribution in [0.5, 0.6) is 0 Å². The smallest absolute Gasteiger partial charge is 0.143 e. The molecule has 0 amide bonds. The minimum Gasteiger partial charge on any atom is -0.299 e. The number of rotatable bonds is 4. The van der Waals surface area contributed by atoms with Crippen LogP contribution in [0.3, 0.4) is 0 Å². The molecule has 98 valence electrons. The number of ketones is 1. The quantitative estimate of drug-likeness (QED) is 0.765. The molecule has 1 heteroatoms. The van der Waals surface area contributed by atoms with Crippen molar-refractivity contribution < 1.29 is 4.79 Å². The van der Waals surface area contributed by atoms with Crippen LogP contribution in [0.2, 0.25) is 0 Å². The highest BCUT2D eigenvalue weighted by Gasteiger charge is 2.60. The minimum atomic E-state index is -0.101. The van der Waals surface area contributed by atoms with Gasteiger partial charge in [-0.3, -0.25) is 4.79 Å². The fourth-order valence-corrected chi connectivity index (χ4v) is 3.80. The fourth-order valence-electron chi connectivity index (χ4n) is 3.80. The highest BCUT2D eigenvalue weighted by Crippen LogP contribution is 2.60. The lowest BCUT2D eigenvalue weighted by Gasteiger charge is -2.55. The van der Waals surface area contributed by atoms with Crippen molar-refractivity contribution in [1.29, 1.82) is 0 Å². The Morgan fingerprint density at radius 3 is 2.11 bits per heavy atom. The molecule has 1 fully saturated rings. The van der Waals surface area contributed by atoms with E-state index >= 15 is 0 Å². The number of carbonyl (C=O) groups excluding carboxylic acids is 1. The van der Waals surface area contributed by atoms with Gasteiger partial charge < -0.3 is 0 Å². The molecule has 0 bridgehead atoms. The Labute approximate surface area is 111 Å². The van der Waals surface area contributed by atoms with E-state index in [4.69, 9.17) is 0 Å². The molecule has 2 atom stereocenters. The first kappa shape index (κ1) is 13.3. The molecule has 0 aromatic heterocycles. The van der Waals surface area contributed by atoms with Gasteiger partial charge in [0.25, 0.3) is 0 Å². The van der Waals surface area contributed by atoms with E-state index in [0.717, 1.165) is 12.8 Å². The summed E-state index contributed by atoms with van der Waals surface area (Å²) in [4.78, 5) is 12.6. The molecule has 1 nitrogen and oxygen atoms in total. The van der Waals surface area contributed by atoms with Gasteiger partial charge in [0.1, 0.15) is 5.78 Å². The van der Waals surface area contributed by atoms with Crippen molar-refractivity contribution in [1.82, 2.24) is 0 Å². The van der Waals surface area contributed by atoms with E-state index in [1.54, 1.807) is 0 Å². The third kappa shape index (κ3) is 1.72. The highest BCUT2D eigenvalue weighted by atomic mass is 16.1. The number of Topliss-reactive ketones (excluding diaryl/α,β-unsaturated/α-hetero) is 1. The minimum absolute atomic E-state index is 0.101. The first-order chi connectivity index (χ1) is 8.58. The van der Waals surface area contributed by atoms with Crippen LogP contribution in [0.1, 0.15) is 52.0 Å². The van der Waals surface area contributed by atoms with Gasteiger partial charge in [-0.15, -0.1) is 0 Å². The zero-order valence-electron chi connectivity index (χ0n) is 11.9. The van der Waals surface area contributed by atoms with E-state index < -0.39 is 0 Å². The van der Waals surface area contributed by atoms with Gasteiger partial charge in [0, 0.05) is 17.3 Å². The number of carbonyl (C=O) groups is 1. The summed E-state index contributed by atoms with van der Waals surface area (Å²) in [5, 5.41) is 0. The van der Waals surface area contributed by atoms with Gasteiger partial charge in [0.15, 0.2) is 0 Å². The van der Waals surface area contributed by atoms with E-state index in [1.165, 1.54) is 5.56 Å². The van der Waals surface area contributed by atoms with E-state index in [-0.39, 0.29) is 11.3 Å². The third-order valence-electron chi connectivity index (χ3n) is 4.89. The standard InChI is InChI=1S/C17H24O/c1-5-17(6-2)15(13-10-8-7-9-11-13)14(12(3)4)16(17)18/h7-12,14-15H,5-6H2,1-4H3. The molecule has 1 aliphatic carbocycles. The van der Waals surface area contributed by atoms with Crippen LogP contribution in [-0.4, -0.2) is 5.78 Å². The largest absolute Gasteiger partial charge is 0.299 e. The van der Waals surface area contributed by atoms with Gasteiger partial charge >= 0.3 is 0 Å². The summed E-state index contributed by atoms with van der Waals surface area (Å²) < 4.78 is 0. The summed E-state index contributed by atoms with van der Waals surface area (Å²) in [6.07, 6.45) is 1.93. The van der Waals surface area contributed by atoms with Crippen molar-refractivity contribution in [3.8, 4) is 0 Å². The lowest BCUT2D eigenvalue weighted by molar-refractivity contribution is -0.154. The van der Waals surface area contributed by atoms with Crippen LogP contribution in [-0.2, 0) is 4.79 Å². The first-order valence-corrected chi connectivity index (χ1v) is 7.17. The van der Waals surface area contributed by atoms with Gasteiger partial charge in [-0.25, -0.2) is 0 Å². The van der Waals surface area contributed by atoms with Gasteiger partial charge in [0.05, 0.1) is 0 Å². The molecule has 0 heterocycles. The molecule has 0 spiro atoms. The number of hydrogen-bond donors (Lipinski definition) is 0. The molecule has 0 N–H and O–H groups in total. The number of benzene rings is 1. The van der Waals surface area contributed by atoms with Crippen LogP contribution in [0.25, 0.3) is 0 Å². The predicted molar refractivity (Wildman–Crippen MR) is 75.5 cm³/mol. The Morgan fingerprint density at radius 2 is 1.67 bits per heavy atom. The molecular weight excluding hydrogens is 220 g/mol. The highest BCUT2D eigenvalue weighted by molar-refractivity contribution is 5.96. The summed E-state index contributed by atoms with van der Waals surface area (Å²) in [5.74, 6) is 1.57. The van der Waals surface area contributed by atoms with Gasteiger partial charge in [0.2, 0.25) is 0 Å². The Bertz CT molecular complexity index is 414. The fraction of sp³-hybridized carbons (Fsp3) is 0.588. The second kappa shape index (κ2) is 4.87.